The van der Waals surface area contributed by atoms with Crippen molar-refractivity contribution in [3.63, 3.8) is 0 Å². The molecule has 0 N–H and O–H groups in total. The highest BCUT2D eigenvalue weighted by atomic mass is 16.2. The highest BCUT2D eigenvalue weighted by Gasteiger charge is 2.49. The van der Waals surface area contributed by atoms with Crippen LogP contribution >= 0.6 is 0 Å². The van der Waals surface area contributed by atoms with E-state index in [2.05, 4.69) is 12.2 Å². The maximum Gasteiger partial charge on any atom is 0.232 e. The van der Waals surface area contributed by atoms with Crippen LogP contribution in [0.4, 0.5) is 0 Å². The summed E-state index contributed by atoms with van der Waals surface area (Å²) in [6.45, 7) is 1.07. The fraction of sp³-hybridized carbons (Fsp3) is 0.250. The first-order valence-electron chi connectivity index (χ1n) is 9.78. The lowest BCUT2D eigenvalue weighted by Crippen LogP contribution is -2.62. The lowest BCUT2D eigenvalue weighted by atomic mass is 9.78. The molecular weight excluding hydrogens is 348 g/mol. The standard InChI is InChI=1S/C24H22N2O2/c27-23-20-11-13-21(25(23)15-17-7-3-1-4-8-17)19-12-14-22(20)26(24(19)28)16-18-9-5-2-6-10-18/h1-14,19-22H,15-16H2. The molecule has 4 heteroatoms. The average Bonchev–Trinajstić information content (AvgIpc) is 2.71. The molecule has 4 nitrogen and oxygen atoms in total. The van der Waals surface area contributed by atoms with E-state index in [0.717, 1.165) is 11.1 Å². The van der Waals surface area contributed by atoms with Crippen LogP contribution in [-0.2, 0) is 22.7 Å². The number of hydrogen-bond acceptors (Lipinski definition) is 2. The van der Waals surface area contributed by atoms with Crippen LogP contribution in [0.15, 0.2) is 85.0 Å². The molecule has 0 spiro atoms. The van der Waals surface area contributed by atoms with Gasteiger partial charge >= 0.3 is 0 Å². The molecule has 2 amide bonds. The van der Waals surface area contributed by atoms with Gasteiger partial charge in [0.2, 0.25) is 11.8 Å². The molecule has 28 heavy (non-hydrogen) atoms. The Hall–Kier alpha value is -3.14. The van der Waals surface area contributed by atoms with Crippen LogP contribution in [0.3, 0.4) is 0 Å². The zero-order chi connectivity index (χ0) is 19.1. The van der Waals surface area contributed by atoms with E-state index in [0.29, 0.717) is 13.1 Å². The van der Waals surface area contributed by atoms with Gasteiger partial charge in [0.25, 0.3) is 0 Å². The third-order valence-electron chi connectivity index (χ3n) is 6.01. The lowest BCUT2D eigenvalue weighted by Gasteiger charge is -2.49. The summed E-state index contributed by atoms with van der Waals surface area (Å²) in [4.78, 5) is 30.5. The molecule has 140 valence electrons. The molecule has 8 rings (SSSR count). The van der Waals surface area contributed by atoms with E-state index in [1.165, 1.54) is 0 Å². The first kappa shape index (κ1) is 17.0. The molecule has 1 aliphatic carbocycles. The molecule has 4 atom stereocenters. The smallest absolute Gasteiger partial charge is 0.232 e. The first-order chi connectivity index (χ1) is 13.7. The summed E-state index contributed by atoms with van der Waals surface area (Å²) in [5, 5.41) is 0. The summed E-state index contributed by atoms with van der Waals surface area (Å²) in [6.07, 6.45) is 8.15. The van der Waals surface area contributed by atoms with Crippen molar-refractivity contribution in [2.75, 3.05) is 0 Å². The second-order valence-corrected chi connectivity index (χ2v) is 7.71. The van der Waals surface area contributed by atoms with E-state index in [-0.39, 0.29) is 35.7 Å². The molecule has 1 saturated heterocycles. The fourth-order valence-corrected chi connectivity index (χ4v) is 4.59. The third-order valence-corrected chi connectivity index (χ3v) is 6.01. The van der Waals surface area contributed by atoms with Gasteiger partial charge in [-0.1, -0.05) is 85.0 Å². The van der Waals surface area contributed by atoms with Crippen molar-refractivity contribution < 1.29 is 9.59 Å². The Morgan fingerprint density at radius 1 is 0.571 bits per heavy atom. The summed E-state index contributed by atoms with van der Waals surface area (Å²) >= 11 is 0. The van der Waals surface area contributed by atoms with Crippen molar-refractivity contribution in [3.05, 3.63) is 96.1 Å². The van der Waals surface area contributed by atoms with Gasteiger partial charge in [0.05, 0.1) is 23.9 Å². The molecule has 0 saturated carbocycles. The predicted octanol–water partition coefficient (Wildman–Crippen LogP) is 3.17. The summed E-state index contributed by atoms with van der Waals surface area (Å²) in [5.74, 6) is -0.433. The van der Waals surface area contributed by atoms with Gasteiger partial charge in [-0.3, -0.25) is 9.59 Å². The van der Waals surface area contributed by atoms with E-state index < -0.39 is 0 Å². The maximum atomic E-state index is 13.4. The van der Waals surface area contributed by atoms with Gasteiger partial charge in [0.1, 0.15) is 0 Å². The van der Waals surface area contributed by atoms with Gasteiger partial charge in [-0.15, -0.1) is 0 Å². The number of benzene rings is 2. The van der Waals surface area contributed by atoms with Crippen LogP contribution in [0.2, 0.25) is 0 Å². The number of hydrogen-bond donors (Lipinski definition) is 0. The van der Waals surface area contributed by atoms with E-state index in [4.69, 9.17) is 0 Å². The van der Waals surface area contributed by atoms with E-state index in [1.807, 2.05) is 82.6 Å². The Morgan fingerprint density at radius 3 is 1.36 bits per heavy atom. The zero-order valence-electron chi connectivity index (χ0n) is 15.5. The molecule has 0 aromatic heterocycles. The SMILES string of the molecule is O=C1C2C=CC(C3C=CC2N(Cc2ccccc2)C3=O)N1Cc1ccccc1. The Labute approximate surface area is 164 Å². The largest absolute Gasteiger partial charge is 0.330 e. The summed E-state index contributed by atoms with van der Waals surface area (Å²) < 4.78 is 0. The second-order valence-electron chi connectivity index (χ2n) is 7.71. The summed E-state index contributed by atoms with van der Waals surface area (Å²) in [7, 11) is 0. The zero-order valence-corrected chi connectivity index (χ0v) is 15.5. The van der Waals surface area contributed by atoms with Crippen LogP contribution < -0.4 is 0 Å². The van der Waals surface area contributed by atoms with Gasteiger partial charge in [-0.25, -0.2) is 0 Å². The summed E-state index contributed by atoms with van der Waals surface area (Å²) in [5.41, 5.74) is 2.17. The Kier molecular flexibility index (Phi) is 4.12. The highest BCUT2D eigenvalue weighted by Crippen LogP contribution is 2.37. The normalized spacial score (nSPS) is 28.0. The van der Waals surface area contributed by atoms with Gasteiger partial charge in [0, 0.05) is 13.1 Å². The fourth-order valence-electron chi connectivity index (χ4n) is 4.59. The molecule has 4 unspecified atom stereocenters. The number of rotatable bonds is 4. The second kappa shape index (κ2) is 6.79. The minimum Gasteiger partial charge on any atom is -0.330 e. The van der Waals surface area contributed by atoms with Gasteiger partial charge in [-0.05, 0) is 11.1 Å². The van der Waals surface area contributed by atoms with Crippen molar-refractivity contribution >= 4 is 11.8 Å². The monoisotopic (exact) mass is 370 g/mol. The van der Waals surface area contributed by atoms with Crippen molar-refractivity contribution in [1.29, 1.82) is 0 Å². The maximum absolute atomic E-state index is 13.4. The number of nitrogens with zero attached hydrogens (tertiary/aromatic N) is 2. The van der Waals surface area contributed by atoms with Gasteiger partial charge in [-0.2, -0.15) is 0 Å². The molecule has 1 fully saturated rings. The van der Waals surface area contributed by atoms with E-state index >= 15 is 0 Å². The summed E-state index contributed by atoms with van der Waals surface area (Å²) in [6, 6.07) is 19.5. The molecule has 2 aromatic carbocycles. The first-order valence-corrected chi connectivity index (χ1v) is 9.78. The third kappa shape index (κ3) is 2.76. The van der Waals surface area contributed by atoms with Crippen LogP contribution in [-0.4, -0.2) is 33.7 Å². The number of carbonyl (C=O) groups excluding carboxylic acids is 2. The molecule has 2 aromatic rings. The molecule has 6 aliphatic rings. The average molecular weight is 370 g/mol. The quantitative estimate of drug-likeness (QED) is 0.776. The van der Waals surface area contributed by atoms with Crippen LogP contribution in [0.1, 0.15) is 11.1 Å². The lowest BCUT2D eigenvalue weighted by molar-refractivity contribution is -0.152. The topological polar surface area (TPSA) is 40.6 Å². The van der Waals surface area contributed by atoms with E-state index in [1.54, 1.807) is 0 Å². The molecule has 5 aliphatic heterocycles. The minimum atomic E-state index is -0.329. The molecule has 4 bridgehead atoms. The van der Waals surface area contributed by atoms with Crippen molar-refractivity contribution in [3.8, 4) is 0 Å². The van der Waals surface area contributed by atoms with Crippen molar-refractivity contribution in [2.45, 2.75) is 25.2 Å². The van der Waals surface area contributed by atoms with Gasteiger partial charge in [0.15, 0.2) is 0 Å². The number of amides is 2. The van der Waals surface area contributed by atoms with E-state index in [9.17, 15) is 9.59 Å². The van der Waals surface area contributed by atoms with Crippen LogP contribution in [0.5, 0.6) is 0 Å². The predicted molar refractivity (Wildman–Crippen MR) is 107 cm³/mol. The Bertz CT molecular complexity index is 872. The van der Waals surface area contributed by atoms with Crippen LogP contribution in [0.25, 0.3) is 0 Å². The minimum absolute atomic E-state index is 0.112. The molecule has 5 heterocycles. The molecule has 0 radical (unpaired) electrons. The Balaban J connectivity index is 1.48. The van der Waals surface area contributed by atoms with Crippen molar-refractivity contribution in [2.24, 2.45) is 11.8 Å². The molecular formula is C24H22N2O2. The number of carbonyl (C=O) groups is 2. The highest BCUT2D eigenvalue weighted by molar-refractivity contribution is 5.91. The van der Waals surface area contributed by atoms with Crippen molar-refractivity contribution in [1.82, 2.24) is 9.80 Å². The van der Waals surface area contributed by atoms with Crippen LogP contribution in [0, 0.1) is 11.8 Å². The van der Waals surface area contributed by atoms with Gasteiger partial charge < -0.3 is 9.80 Å². The Morgan fingerprint density at radius 2 is 0.964 bits per heavy atom.